The zero-order chi connectivity index (χ0) is 19.3. The molecule has 140 valence electrons. The molecule has 0 aromatic heterocycles. The van der Waals surface area contributed by atoms with Gasteiger partial charge in [-0.05, 0) is 17.7 Å². The fraction of sp³-hybridized carbons (Fsp3) is 0.143. The average Bonchev–Trinajstić information content (AvgIpc) is 2.71. The number of amidine groups is 1. The first-order valence-corrected chi connectivity index (χ1v) is 9.36. The summed E-state index contributed by atoms with van der Waals surface area (Å²) in [5, 5.41) is 8.50. The molecule has 0 aliphatic heterocycles. The summed E-state index contributed by atoms with van der Waals surface area (Å²) in [6.45, 7) is 8.10. The molecule has 0 saturated heterocycles. The number of hydrogen-bond acceptors (Lipinski definition) is 5. The molecule has 2 aromatic rings. The third-order valence-electron chi connectivity index (χ3n) is 3.29. The molecule has 0 radical (unpaired) electrons. The van der Waals surface area contributed by atoms with E-state index in [2.05, 4.69) is 23.4 Å². The molecule has 6 heteroatoms. The summed E-state index contributed by atoms with van der Waals surface area (Å²) in [6.07, 6.45) is 4.96. The Morgan fingerprint density at radius 3 is 2.52 bits per heavy atom. The van der Waals surface area contributed by atoms with Gasteiger partial charge in [-0.15, -0.1) is 5.10 Å². The van der Waals surface area contributed by atoms with Gasteiger partial charge in [0.05, 0.1) is 6.21 Å². The fourth-order valence-corrected chi connectivity index (χ4v) is 2.66. The van der Waals surface area contributed by atoms with Gasteiger partial charge in [-0.3, -0.25) is 0 Å². The molecule has 0 unspecified atom stereocenters. The second kappa shape index (κ2) is 11.6. The van der Waals surface area contributed by atoms with E-state index in [9.17, 15) is 0 Å². The predicted octanol–water partition coefficient (Wildman–Crippen LogP) is 4.40. The van der Waals surface area contributed by atoms with Crippen LogP contribution in [-0.2, 0) is 5.75 Å². The molecular formula is C21H23N3O2S. The smallest absolute Gasteiger partial charge is 0.180 e. The minimum absolute atomic E-state index is 0.379. The van der Waals surface area contributed by atoms with Crippen LogP contribution in [0.25, 0.3) is 0 Å². The van der Waals surface area contributed by atoms with Gasteiger partial charge in [0.15, 0.2) is 5.17 Å². The third kappa shape index (κ3) is 7.42. The minimum Gasteiger partial charge on any atom is -0.489 e. The van der Waals surface area contributed by atoms with E-state index >= 15 is 0 Å². The zero-order valence-electron chi connectivity index (χ0n) is 15.1. The Balaban J connectivity index is 2.02. The molecule has 0 heterocycles. The SMILES string of the molecule is C=CCOc1ccc(C=NN=C(N)SCc2ccccc2)c(OCC=C)c1. The lowest BCUT2D eigenvalue weighted by Gasteiger charge is -2.10. The van der Waals surface area contributed by atoms with Crippen LogP contribution in [0.4, 0.5) is 0 Å². The molecule has 0 aliphatic carbocycles. The van der Waals surface area contributed by atoms with Crippen molar-refractivity contribution in [1.82, 2.24) is 0 Å². The maximum Gasteiger partial charge on any atom is 0.180 e. The lowest BCUT2D eigenvalue weighted by molar-refractivity contribution is 0.344. The summed E-state index contributed by atoms with van der Waals surface area (Å²) in [7, 11) is 0. The minimum atomic E-state index is 0.379. The third-order valence-corrected chi connectivity index (χ3v) is 4.15. The normalized spacial score (nSPS) is 11.3. The lowest BCUT2D eigenvalue weighted by Crippen LogP contribution is -2.06. The summed E-state index contributed by atoms with van der Waals surface area (Å²) in [5.41, 5.74) is 7.86. The molecular weight excluding hydrogens is 358 g/mol. The van der Waals surface area contributed by atoms with Crippen LogP contribution in [0.2, 0.25) is 0 Å². The maximum absolute atomic E-state index is 5.91. The van der Waals surface area contributed by atoms with Gasteiger partial charge in [-0.1, -0.05) is 67.4 Å². The van der Waals surface area contributed by atoms with Gasteiger partial charge in [-0.2, -0.15) is 5.10 Å². The van der Waals surface area contributed by atoms with Crippen molar-refractivity contribution in [2.45, 2.75) is 5.75 Å². The van der Waals surface area contributed by atoms with E-state index in [1.807, 2.05) is 42.5 Å². The van der Waals surface area contributed by atoms with Gasteiger partial charge in [0.1, 0.15) is 24.7 Å². The fourth-order valence-electron chi connectivity index (χ4n) is 2.05. The molecule has 27 heavy (non-hydrogen) atoms. The quantitative estimate of drug-likeness (QED) is 0.287. The number of ether oxygens (including phenoxy) is 2. The highest BCUT2D eigenvalue weighted by atomic mass is 32.2. The van der Waals surface area contributed by atoms with Crippen LogP contribution in [0.3, 0.4) is 0 Å². The molecule has 0 amide bonds. The van der Waals surface area contributed by atoms with Crippen molar-refractivity contribution >= 4 is 23.1 Å². The summed E-state index contributed by atoms with van der Waals surface area (Å²) >= 11 is 1.43. The van der Waals surface area contributed by atoms with Crippen LogP contribution in [0, 0.1) is 0 Å². The lowest BCUT2D eigenvalue weighted by atomic mass is 10.2. The molecule has 0 atom stereocenters. The number of nitrogens with zero attached hydrogens (tertiary/aromatic N) is 2. The molecule has 2 rings (SSSR count). The summed E-state index contributed by atoms with van der Waals surface area (Å²) in [6, 6.07) is 15.5. The van der Waals surface area contributed by atoms with Crippen molar-refractivity contribution < 1.29 is 9.47 Å². The standard InChI is InChI=1S/C21H23N3O2S/c1-3-12-25-19-11-10-18(20(14-19)26-13-4-2)15-23-24-21(22)27-16-17-8-6-5-7-9-17/h3-11,14-15H,1-2,12-13,16H2,(H2,22,24). The number of benzene rings is 2. The van der Waals surface area contributed by atoms with Gasteiger partial charge < -0.3 is 15.2 Å². The average molecular weight is 382 g/mol. The molecule has 0 bridgehead atoms. The van der Waals surface area contributed by atoms with Gasteiger partial charge in [0.25, 0.3) is 0 Å². The predicted molar refractivity (Wildman–Crippen MR) is 115 cm³/mol. The second-order valence-electron chi connectivity index (χ2n) is 5.36. The number of thioether (sulfide) groups is 1. The Kier molecular flexibility index (Phi) is 8.73. The molecule has 2 N–H and O–H groups in total. The topological polar surface area (TPSA) is 69.2 Å². The summed E-state index contributed by atoms with van der Waals surface area (Å²) in [4.78, 5) is 0. The van der Waals surface area contributed by atoms with Crippen LogP contribution in [-0.4, -0.2) is 24.6 Å². The summed E-state index contributed by atoms with van der Waals surface area (Å²) < 4.78 is 11.2. The Hall–Kier alpha value is -2.99. The van der Waals surface area contributed by atoms with E-state index in [0.717, 1.165) is 11.3 Å². The van der Waals surface area contributed by atoms with Crippen LogP contribution in [0.1, 0.15) is 11.1 Å². The molecule has 2 aromatic carbocycles. The molecule has 5 nitrogen and oxygen atoms in total. The van der Waals surface area contributed by atoms with Crippen molar-refractivity contribution in [3.8, 4) is 11.5 Å². The largest absolute Gasteiger partial charge is 0.489 e. The van der Waals surface area contributed by atoms with E-state index in [1.54, 1.807) is 24.4 Å². The van der Waals surface area contributed by atoms with Gasteiger partial charge in [0.2, 0.25) is 0 Å². The van der Waals surface area contributed by atoms with Crippen LogP contribution in [0.15, 0.2) is 84.0 Å². The first-order valence-electron chi connectivity index (χ1n) is 8.37. The second-order valence-corrected chi connectivity index (χ2v) is 6.35. The van der Waals surface area contributed by atoms with Gasteiger partial charge in [-0.25, -0.2) is 0 Å². The first kappa shape index (κ1) is 20.3. The van der Waals surface area contributed by atoms with Crippen LogP contribution >= 0.6 is 11.8 Å². The Morgan fingerprint density at radius 2 is 1.78 bits per heavy atom. The number of rotatable bonds is 10. The van der Waals surface area contributed by atoms with E-state index in [1.165, 1.54) is 17.3 Å². The monoisotopic (exact) mass is 381 g/mol. The highest BCUT2D eigenvalue weighted by molar-refractivity contribution is 8.13. The summed E-state index contributed by atoms with van der Waals surface area (Å²) in [5.74, 6) is 2.06. The molecule has 0 fully saturated rings. The Bertz CT molecular complexity index is 804. The molecule has 0 saturated carbocycles. The van der Waals surface area contributed by atoms with Gasteiger partial charge >= 0.3 is 0 Å². The highest BCUT2D eigenvalue weighted by Crippen LogP contribution is 2.24. The van der Waals surface area contributed by atoms with E-state index in [0.29, 0.717) is 29.9 Å². The van der Waals surface area contributed by atoms with Crippen molar-refractivity contribution in [2.24, 2.45) is 15.9 Å². The van der Waals surface area contributed by atoms with E-state index < -0.39 is 0 Å². The number of hydrogen-bond donors (Lipinski definition) is 1. The van der Waals surface area contributed by atoms with E-state index in [-0.39, 0.29) is 0 Å². The highest BCUT2D eigenvalue weighted by Gasteiger charge is 2.04. The maximum atomic E-state index is 5.91. The van der Waals surface area contributed by atoms with Crippen molar-refractivity contribution in [3.63, 3.8) is 0 Å². The van der Waals surface area contributed by atoms with Crippen LogP contribution < -0.4 is 15.2 Å². The van der Waals surface area contributed by atoms with E-state index in [4.69, 9.17) is 15.2 Å². The molecule has 0 spiro atoms. The first-order chi connectivity index (χ1) is 13.2. The van der Waals surface area contributed by atoms with Crippen molar-refractivity contribution in [1.29, 1.82) is 0 Å². The zero-order valence-corrected chi connectivity index (χ0v) is 15.9. The van der Waals surface area contributed by atoms with Crippen LogP contribution in [0.5, 0.6) is 11.5 Å². The molecule has 0 aliphatic rings. The van der Waals surface area contributed by atoms with Crippen molar-refractivity contribution in [2.75, 3.05) is 13.2 Å². The van der Waals surface area contributed by atoms with Gasteiger partial charge in [0, 0.05) is 17.4 Å². The Labute approximate surface area is 164 Å². The number of nitrogens with two attached hydrogens (primary N) is 1. The van der Waals surface area contributed by atoms with Crippen molar-refractivity contribution in [3.05, 3.63) is 85.0 Å². The Morgan fingerprint density at radius 1 is 1.04 bits per heavy atom.